The molecule has 0 aliphatic carbocycles. The molecule has 0 unspecified atom stereocenters. The van der Waals surface area contributed by atoms with Crippen molar-refractivity contribution in [3.8, 4) is 0 Å². The molecule has 2 rings (SSSR count). The number of ether oxygens (including phenoxy) is 1. The summed E-state index contributed by atoms with van der Waals surface area (Å²) in [5, 5.41) is 2.49. The van der Waals surface area contributed by atoms with Crippen molar-refractivity contribution in [3.05, 3.63) is 28.3 Å². The molecule has 0 atom stereocenters. The summed E-state index contributed by atoms with van der Waals surface area (Å²) in [5.74, 6) is -0.893. The Morgan fingerprint density at radius 2 is 2.10 bits per heavy atom. The maximum atomic E-state index is 11.8. The van der Waals surface area contributed by atoms with Crippen LogP contribution in [0.25, 0.3) is 0 Å². The molecule has 20 heavy (non-hydrogen) atoms. The summed E-state index contributed by atoms with van der Waals surface area (Å²) in [5.41, 5.74) is 1.44. The molecule has 1 aromatic carbocycles. The van der Waals surface area contributed by atoms with Crippen LogP contribution in [0, 0.1) is 6.92 Å². The number of nitrogens with zero attached hydrogens (tertiary/aromatic N) is 1. The third kappa shape index (κ3) is 2.60. The molecular weight excluding hydrogens is 284 g/mol. The molecule has 1 fully saturated rings. The second-order valence-corrected chi connectivity index (χ2v) is 4.77. The molecule has 7 heteroatoms. The smallest absolute Gasteiger partial charge is 0.339 e. The van der Waals surface area contributed by atoms with Crippen LogP contribution in [0.4, 0.5) is 10.5 Å². The van der Waals surface area contributed by atoms with Gasteiger partial charge in [0.2, 0.25) is 5.91 Å². The minimum Gasteiger partial charge on any atom is -0.465 e. The number of hydrogen-bond acceptors (Lipinski definition) is 4. The molecule has 3 amide bonds. The molecule has 1 saturated heterocycles. The number of esters is 1. The number of methoxy groups -OCH3 is 1. The molecule has 0 radical (unpaired) electrons. The Morgan fingerprint density at radius 3 is 2.70 bits per heavy atom. The van der Waals surface area contributed by atoms with Crippen molar-refractivity contribution in [2.24, 2.45) is 0 Å². The highest BCUT2D eigenvalue weighted by Gasteiger charge is 2.26. The van der Waals surface area contributed by atoms with Gasteiger partial charge in [0.15, 0.2) is 0 Å². The summed E-state index contributed by atoms with van der Waals surface area (Å²) < 4.78 is 4.65. The lowest BCUT2D eigenvalue weighted by Gasteiger charge is -2.28. The average Bonchev–Trinajstić information content (AvgIpc) is 2.39. The number of hydrogen-bond donors (Lipinski definition) is 1. The number of carbonyl (C=O) groups excluding carboxylic acids is 3. The van der Waals surface area contributed by atoms with E-state index in [1.54, 1.807) is 13.0 Å². The van der Waals surface area contributed by atoms with E-state index in [0.717, 1.165) is 5.56 Å². The molecule has 0 bridgehead atoms. The van der Waals surface area contributed by atoms with Crippen LogP contribution in [0.3, 0.4) is 0 Å². The van der Waals surface area contributed by atoms with Crippen LogP contribution in [0.5, 0.6) is 0 Å². The first-order valence-corrected chi connectivity index (χ1v) is 6.31. The third-order valence-corrected chi connectivity index (χ3v) is 3.35. The number of aryl methyl sites for hydroxylation is 1. The number of imide groups is 1. The highest BCUT2D eigenvalue weighted by molar-refractivity contribution is 6.33. The van der Waals surface area contributed by atoms with Gasteiger partial charge in [-0.05, 0) is 24.6 Å². The normalized spacial score (nSPS) is 15.1. The van der Waals surface area contributed by atoms with E-state index in [0.29, 0.717) is 5.69 Å². The van der Waals surface area contributed by atoms with Crippen molar-refractivity contribution in [2.75, 3.05) is 18.6 Å². The van der Waals surface area contributed by atoms with Gasteiger partial charge in [-0.2, -0.15) is 0 Å². The molecule has 6 nitrogen and oxygen atoms in total. The van der Waals surface area contributed by atoms with Gasteiger partial charge < -0.3 is 4.74 Å². The van der Waals surface area contributed by atoms with E-state index in [4.69, 9.17) is 11.6 Å². The number of halogens is 1. The molecule has 1 aromatic rings. The monoisotopic (exact) mass is 296 g/mol. The van der Waals surface area contributed by atoms with E-state index in [9.17, 15) is 14.4 Å². The Balaban J connectivity index is 2.43. The largest absolute Gasteiger partial charge is 0.465 e. The fraction of sp³-hybridized carbons (Fsp3) is 0.308. The second-order valence-electron chi connectivity index (χ2n) is 4.37. The maximum Gasteiger partial charge on any atom is 0.339 e. The molecule has 0 spiro atoms. The second kappa shape index (κ2) is 5.50. The van der Waals surface area contributed by atoms with Crippen molar-refractivity contribution < 1.29 is 19.1 Å². The first-order chi connectivity index (χ1) is 9.43. The molecule has 1 N–H and O–H groups in total. The van der Waals surface area contributed by atoms with Gasteiger partial charge in [0.1, 0.15) is 0 Å². The first kappa shape index (κ1) is 14.3. The van der Waals surface area contributed by atoms with E-state index < -0.39 is 12.0 Å². The summed E-state index contributed by atoms with van der Waals surface area (Å²) in [6.45, 7) is 2.03. The molecule has 1 aliphatic rings. The van der Waals surface area contributed by atoms with Crippen molar-refractivity contribution >= 4 is 35.2 Å². The lowest BCUT2D eigenvalue weighted by atomic mass is 10.1. The number of benzene rings is 1. The van der Waals surface area contributed by atoms with E-state index in [-0.39, 0.29) is 29.5 Å². The summed E-state index contributed by atoms with van der Waals surface area (Å²) in [4.78, 5) is 36.0. The quantitative estimate of drug-likeness (QED) is 0.846. The average molecular weight is 297 g/mol. The third-order valence-electron chi connectivity index (χ3n) is 3.04. The van der Waals surface area contributed by atoms with Gasteiger partial charge in [-0.1, -0.05) is 11.6 Å². The minimum atomic E-state index is -0.579. The predicted molar refractivity (Wildman–Crippen MR) is 73.0 cm³/mol. The number of anilines is 1. The van der Waals surface area contributed by atoms with Gasteiger partial charge in [0.25, 0.3) is 0 Å². The Morgan fingerprint density at radius 1 is 1.40 bits per heavy atom. The van der Waals surface area contributed by atoms with Gasteiger partial charge in [-0.3, -0.25) is 15.0 Å². The number of urea groups is 1. The fourth-order valence-electron chi connectivity index (χ4n) is 2.01. The summed E-state index contributed by atoms with van der Waals surface area (Å²) >= 11 is 6.00. The Labute approximate surface area is 120 Å². The van der Waals surface area contributed by atoms with Crippen LogP contribution < -0.4 is 10.2 Å². The Bertz CT molecular complexity index is 600. The Hall–Kier alpha value is -2.08. The van der Waals surface area contributed by atoms with Crippen LogP contribution in [-0.4, -0.2) is 31.6 Å². The summed E-state index contributed by atoms with van der Waals surface area (Å²) in [6.07, 6.45) is 0.210. The van der Waals surface area contributed by atoms with Crippen LogP contribution in [-0.2, 0) is 9.53 Å². The van der Waals surface area contributed by atoms with Crippen LogP contribution in [0.1, 0.15) is 22.3 Å². The van der Waals surface area contributed by atoms with Crippen LogP contribution in [0.2, 0.25) is 5.02 Å². The zero-order valence-corrected chi connectivity index (χ0v) is 11.8. The molecule has 1 heterocycles. The van der Waals surface area contributed by atoms with Crippen molar-refractivity contribution in [2.45, 2.75) is 13.3 Å². The molecule has 1 aliphatic heterocycles. The summed E-state index contributed by atoms with van der Waals surface area (Å²) in [6, 6.07) is 2.58. The molecule has 0 saturated carbocycles. The fourth-order valence-corrected chi connectivity index (χ4v) is 2.31. The first-order valence-electron chi connectivity index (χ1n) is 5.94. The molecular formula is C13H13ClN2O4. The van der Waals surface area contributed by atoms with Crippen LogP contribution in [0.15, 0.2) is 12.1 Å². The zero-order valence-electron chi connectivity index (χ0n) is 11.0. The highest BCUT2D eigenvalue weighted by atomic mass is 35.5. The minimum absolute atomic E-state index is 0.180. The van der Waals surface area contributed by atoms with E-state index in [1.165, 1.54) is 18.1 Å². The van der Waals surface area contributed by atoms with Crippen molar-refractivity contribution in [3.63, 3.8) is 0 Å². The van der Waals surface area contributed by atoms with Gasteiger partial charge >= 0.3 is 12.0 Å². The van der Waals surface area contributed by atoms with Crippen molar-refractivity contribution in [1.29, 1.82) is 0 Å². The number of amides is 3. The molecule has 106 valence electrons. The Kier molecular flexibility index (Phi) is 3.94. The summed E-state index contributed by atoms with van der Waals surface area (Å²) in [7, 11) is 1.25. The van der Waals surface area contributed by atoms with E-state index in [1.807, 2.05) is 0 Å². The standard InChI is InChI=1S/C13H13ClN2O4/c1-7-5-9(14)8(12(18)20-2)6-10(7)16-4-3-11(17)15-13(16)19/h5-6H,3-4H2,1-2H3,(H,15,17,19). The topological polar surface area (TPSA) is 75.7 Å². The maximum absolute atomic E-state index is 11.8. The van der Waals surface area contributed by atoms with Crippen LogP contribution >= 0.6 is 11.6 Å². The predicted octanol–water partition coefficient (Wildman–Crippen LogP) is 1.88. The van der Waals surface area contributed by atoms with E-state index in [2.05, 4.69) is 10.1 Å². The number of rotatable bonds is 2. The number of nitrogens with one attached hydrogen (secondary N) is 1. The lowest BCUT2D eigenvalue weighted by Crippen LogP contribution is -2.49. The van der Waals surface area contributed by atoms with Gasteiger partial charge in [-0.25, -0.2) is 9.59 Å². The van der Waals surface area contributed by atoms with Gasteiger partial charge in [-0.15, -0.1) is 0 Å². The van der Waals surface area contributed by atoms with Crippen molar-refractivity contribution in [1.82, 2.24) is 5.32 Å². The van der Waals surface area contributed by atoms with E-state index >= 15 is 0 Å². The lowest BCUT2D eigenvalue weighted by molar-refractivity contribution is -0.120. The molecule has 0 aromatic heterocycles. The van der Waals surface area contributed by atoms with Gasteiger partial charge in [0, 0.05) is 18.7 Å². The van der Waals surface area contributed by atoms with Gasteiger partial charge in [0.05, 0.1) is 17.7 Å². The highest BCUT2D eigenvalue weighted by Crippen LogP contribution is 2.29. The SMILES string of the molecule is COC(=O)c1cc(N2CCC(=O)NC2=O)c(C)cc1Cl. The zero-order chi connectivity index (χ0) is 14.9. The number of carbonyl (C=O) groups is 3.